The number of ether oxygens (including phenoxy) is 2. The number of benzene rings is 2. The maximum atomic E-state index is 12.0. The number of anilines is 2. The molecule has 1 N–H and O–H groups in total. The zero-order chi connectivity index (χ0) is 19.5. The van der Waals surface area contributed by atoms with Crippen molar-refractivity contribution in [1.29, 1.82) is 0 Å². The van der Waals surface area contributed by atoms with Gasteiger partial charge in [0.2, 0.25) is 0 Å². The summed E-state index contributed by atoms with van der Waals surface area (Å²) in [5.74, 6) is 1.80. The lowest BCUT2D eigenvalue weighted by Gasteiger charge is -2.09. The molecular weight excluding hydrogens is 374 g/mol. The number of carbonyl (C=O) groups is 1. The first-order valence-corrected chi connectivity index (χ1v) is 9.40. The van der Waals surface area contributed by atoms with Crippen molar-refractivity contribution in [2.24, 2.45) is 0 Å². The molecule has 140 valence electrons. The van der Waals surface area contributed by atoms with Gasteiger partial charge < -0.3 is 14.8 Å². The first-order chi connectivity index (χ1) is 13.7. The Morgan fingerprint density at radius 1 is 1.00 bits per heavy atom. The maximum Gasteiger partial charge on any atom is 0.348 e. The number of aromatic nitrogens is 2. The van der Waals surface area contributed by atoms with Gasteiger partial charge in [-0.1, -0.05) is 18.2 Å². The second kappa shape index (κ2) is 7.66. The van der Waals surface area contributed by atoms with E-state index in [4.69, 9.17) is 9.47 Å². The maximum absolute atomic E-state index is 12.0. The lowest BCUT2D eigenvalue weighted by atomic mass is 10.2. The van der Waals surface area contributed by atoms with Crippen LogP contribution < -0.4 is 10.1 Å². The molecule has 6 nitrogen and oxygen atoms in total. The number of methoxy groups -OCH3 is 1. The normalized spacial score (nSPS) is 10.6. The topological polar surface area (TPSA) is 73.3 Å². The van der Waals surface area contributed by atoms with E-state index in [0.29, 0.717) is 10.7 Å². The summed E-state index contributed by atoms with van der Waals surface area (Å²) in [6.07, 6.45) is 1.48. The van der Waals surface area contributed by atoms with Gasteiger partial charge in [-0.05, 0) is 48.9 Å². The summed E-state index contributed by atoms with van der Waals surface area (Å²) in [5, 5.41) is 4.11. The Labute approximate surface area is 165 Å². The fraction of sp³-hybridized carbons (Fsp3) is 0.0952. The minimum Gasteiger partial charge on any atom is -0.465 e. The Balaban J connectivity index is 1.60. The first-order valence-electron chi connectivity index (χ1n) is 8.58. The van der Waals surface area contributed by atoms with E-state index in [2.05, 4.69) is 15.3 Å². The third-order valence-electron chi connectivity index (χ3n) is 4.19. The van der Waals surface area contributed by atoms with Gasteiger partial charge in [0, 0.05) is 5.69 Å². The number of nitrogens with one attached hydrogen (secondary N) is 1. The SMILES string of the molecule is COC(=O)c1sc2ncnc(Nc3ccc(Oc4ccccc4)cc3)c2c1C. The van der Waals surface area contributed by atoms with Crippen LogP contribution in [0.4, 0.5) is 11.5 Å². The van der Waals surface area contributed by atoms with Gasteiger partial charge in [-0.2, -0.15) is 0 Å². The fourth-order valence-electron chi connectivity index (χ4n) is 2.82. The van der Waals surface area contributed by atoms with Crippen LogP contribution in [-0.2, 0) is 4.74 Å². The van der Waals surface area contributed by atoms with Crippen LogP contribution in [0, 0.1) is 6.92 Å². The second-order valence-corrected chi connectivity index (χ2v) is 7.01. The molecule has 7 heteroatoms. The molecule has 2 aromatic carbocycles. The molecule has 0 aliphatic heterocycles. The second-order valence-electron chi connectivity index (χ2n) is 6.01. The molecule has 0 spiro atoms. The summed E-state index contributed by atoms with van der Waals surface area (Å²) < 4.78 is 10.7. The minimum atomic E-state index is -0.367. The van der Waals surface area contributed by atoms with E-state index in [1.165, 1.54) is 24.8 Å². The van der Waals surface area contributed by atoms with Gasteiger partial charge in [-0.25, -0.2) is 14.8 Å². The van der Waals surface area contributed by atoms with Crippen molar-refractivity contribution in [3.8, 4) is 11.5 Å². The van der Waals surface area contributed by atoms with Crippen molar-refractivity contribution in [3.63, 3.8) is 0 Å². The standard InChI is InChI=1S/C21H17N3O3S/c1-13-17-19(22-12-23-20(17)28-18(13)21(25)26-2)24-14-8-10-16(11-9-14)27-15-6-4-3-5-7-15/h3-12H,1-2H3,(H,22,23,24). The van der Waals surface area contributed by atoms with Gasteiger partial charge in [0.25, 0.3) is 0 Å². The van der Waals surface area contributed by atoms with E-state index < -0.39 is 0 Å². The Hall–Kier alpha value is -3.45. The third kappa shape index (κ3) is 3.52. The number of carbonyl (C=O) groups excluding carboxylic acids is 1. The van der Waals surface area contributed by atoms with E-state index in [-0.39, 0.29) is 5.97 Å². The van der Waals surface area contributed by atoms with Crippen LogP contribution in [0.3, 0.4) is 0 Å². The molecule has 0 saturated heterocycles. The van der Waals surface area contributed by atoms with E-state index in [9.17, 15) is 4.79 Å². The predicted molar refractivity (Wildman–Crippen MR) is 110 cm³/mol. The van der Waals surface area contributed by atoms with Gasteiger partial charge in [-0.3, -0.25) is 0 Å². The number of nitrogens with zero attached hydrogens (tertiary/aromatic N) is 2. The molecule has 0 atom stereocenters. The smallest absolute Gasteiger partial charge is 0.348 e. The van der Waals surface area contributed by atoms with Crippen molar-refractivity contribution >= 4 is 39.0 Å². The summed E-state index contributed by atoms with van der Waals surface area (Å²) in [6.45, 7) is 1.87. The van der Waals surface area contributed by atoms with Gasteiger partial charge >= 0.3 is 5.97 Å². The lowest BCUT2D eigenvalue weighted by molar-refractivity contribution is 0.0605. The van der Waals surface area contributed by atoms with Gasteiger partial charge in [0.05, 0.1) is 12.5 Å². The third-order valence-corrected chi connectivity index (χ3v) is 5.37. The predicted octanol–water partition coefficient (Wildman–Crippen LogP) is 5.32. The highest BCUT2D eigenvalue weighted by atomic mass is 32.1. The highest BCUT2D eigenvalue weighted by Gasteiger charge is 2.19. The molecule has 2 aromatic heterocycles. The number of hydrogen-bond donors (Lipinski definition) is 1. The van der Waals surface area contributed by atoms with Crippen LogP contribution in [0.15, 0.2) is 60.9 Å². The Bertz CT molecular complexity index is 1130. The first kappa shape index (κ1) is 17.9. The van der Waals surface area contributed by atoms with Crippen molar-refractivity contribution in [3.05, 3.63) is 71.4 Å². The van der Waals surface area contributed by atoms with Gasteiger partial charge in [0.1, 0.15) is 33.4 Å². The molecule has 4 aromatic rings. The van der Waals surface area contributed by atoms with E-state index in [1.54, 1.807) is 0 Å². The summed E-state index contributed by atoms with van der Waals surface area (Å²) in [7, 11) is 1.37. The van der Waals surface area contributed by atoms with Crippen LogP contribution in [0.25, 0.3) is 10.2 Å². The highest BCUT2D eigenvalue weighted by molar-refractivity contribution is 7.20. The van der Waals surface area contributed by atoms with Crippen molar-refractivity contribution in [1.82, 2.24) is 9.97 Å². The number of hydrogen-bond acceptors (Lipinski definition) is 7. The molecule has 4 rings (SSSR count). The van der Waals surface area contributed by atoms with Crippen molar-refractivity contribution in [2.45, 2.75) is 6.92 Å². The van der Waals surface area contributed by atoms with Crippen LogP contribution in [0.5, 0.6) is 11.5 Å². The Morgan fingerprint density at radius 2 is 1.71 bits per heavy atom. The number of para-hydroxylation sites is 1. The van der Waals surface area contributed by atoms with E-state index >= 15 is 0 Å². The number of esters is 1. The summed E-state index contributed by atoms with van der Waals surface area (Å²) >= 11 is 1.30. The largest absolute Gasteiger partial charge is 0.465 e. The van der Waals surface area contributed by atoms with E-state index in [0.717, 1.165) is 33.0 Å². The summed E-state index contributed by atoms with van der Waals surface area (Å²) in [6, 6.07) is 17.2. The number of aryl methyl sites for hydroxylation is 1. The number of fused-ring (bicyclic) bond motifs is 1. The molecule has 0 bridgehead atoms. The van der Waals surface area contributed by atoms with E-state index in [1.807, 2.05) is 61.5 Å². The molecule has 0 aliphatic carbocycles. The van der Waals surface area contributed by atoms with Gasteiger partial charge in [0.15, 0.2) is 0 Å². The minimum absolute atomic E-state index is 0.367. The molecule has 0 unspecified atom stereocenters. The van der Waals surface area contributed by atoms with Crippen LogP contribution in [0.1, 0.15) is 15.2 Å². The molecule has 0 amide bonds. The van der Waals surface area contributed by atoms with Crippen LogP contribution in [0.2, 0.25) is 0 Å². The summed E-state index contributed by atoms with van der Waals surface area (Å²) in [4.78, 5) is 21.9. The Morgan fingerprint density at radius 3 is 2.43 bits per heavy atom. The van der Waals surface area contributed by atoms with Crippen molar-refractivity contribution in [2.75, 3.05) is 12.4 Å². The molecule has 0 radical (unpaired) electrons. The molecule has 0 saturated carbocycles. The average molecular weight is 391 g/mol. The molecule has 0 fully saturated rings. The highest BCUT2D eigenvalue weighted by Crippen LogP contribution is 2.35. The number of rotatable bonds is 5. The fourth-order valence-corrected chi connectivity index (χ4v) is 3.89. The number of thiophene rings is 1. The molecule has 28 heavy (non-hydrogen) atoms. The summed E-state index contributed by atoms with van der Waals surface area (Å²) in [5.41, 5.74) is 1.66. The zero-order valence-corrected chi connectivity index (χ0v) is 16.1. The van der Waals surface area contributed by atoms with Gasteiger partial charge in [-0.15, -0.1) is 11.3 Å². The van der Waals surface area contributed by atoms with Crippen LogP contribution in [-0.4, -0.2) is 23.0 Å². The van der Waals surface area contributed by atoms with Crippen LogP contribution >= 0.6 is 11.3 Å². The van der Waals surface area contributed by atoms with Crippen molar-refractivity contribution < 1.29 is 14.3 Å². The molecule has 2 heterocycles. The quantitative estimate of drug-likeness (QED) is 0.464. The average Bonchev–Trinajstić information content (AvgIpc) is 3.07. The zero-order valence-electron chi connectivity index (χ0n) is 15.3. The molecule has 0 aliphatic rings. The Kier molecular flexibility index (Phi) is 4.90. The monoisotopic (exact) mass is 391 g/mol. The lowest BCUT2D eigenvalue weighted by Crippen LogP contribution is -2.00. The molecular formula is C21H17N3O3S.